The lowest BCUT2D eigenvalue weighted by atomic mass is 9.97. The molecule has 5 nitrogen and oxygen atoms in total. The molecule has 1 N–H and O–H groups in total. The topological polar surface area (TPSA) is 55.1 Å². The second kappa shape index (κ2) is 6.07. The first-order chi connectivity index (χ1) is 12.2. The van der Waals surface area contributed by atoms with Gasteiger partial charge in [0.2, 0.25) is 0 Å². The zero-order chi connectivity index (χ0) is 17.0. The molecule has 0 saturated carbocycles. The molecule has 4 heterocycles. The number of aryl methyl sites for hydroxylation is 1. The van der Waals surface area contributed by atoms with E-state index in [-0.39, 0.29) is 0 Å². The quantitative estimate of drug-likeness (QED) is 0.322. The van der Waals surface area contributed by atoms with E-state index in [1.807, 2.05) is 12.1 Å². The molecule has 0 saturated heterocycles. The number of rotatable bonds is 2. The summed E-state index contributed by atoms with van der Waals surface area (Å²) in [7, 11) is 0. The molecule has 126 valence electrons. The van der Waals surface area contributed by atoms with Gasteiger partial charge >= 0.3 is 0 Å². The van der Waals surface area contributed by atoms with E-state index in [0.29, 0.717) is 8.95 Å². The molecule has 0 amide bonds. The van der Waals surface area contributed by atoms with Crippen LogP contribution in [0.4, 0.5) is 11.5 Å². The summed E-state index contributed by atoms with van der Waals surface area (Å²) in [6.45, 7) is 0. The van der Waals surface area contributed by atoms with Crippen LogP contribution >= 0.6 is 45.5 Å². The number of anilines is 2. The number of aromatic nitrogens is 4. The van der Waals surface area contributed by atoms with Crippen LogP contribution in [0.3, 0.4) is 0 Å². The lowest BCUT2D eigenvalue weighted by Crippen LogP contribution is -2.11. The van der Waals surface area contributed by atoms with E-state index < -0.39 is 0 Å². The van der Waals surface area contributed by atoms with Gasteiger partial charge in [0.25, 0.3) is 0 Å². The fraction of sp³-hybridized carbons (Fsp3) is 0.235. The number of hydrogen-bond donors (Lipinski definition) is 1. The van der Waals surface area contributed by atoms with Crippen LogP contribution in [0.1, 0.15) is 16.9 Å². The van der Waals surface area contributed by atoms with Gasteiger partial charge in [-0.15, -0.1) is 11.3 Å². The molecule has 5 rings (SSSR count). The Morgan fingerprint density at radius 1 is 1.36 bits per heavy atom. The molecule has 0 spiro atoms. The van der Waals surface area contributed by atoms with E-state index in [4.69, 9.17) is 11.6 Å². The monoisotopic (exact) mass is 481 g/mol. The second-order valence-corrected chi connectivity index (χ2v) is 9.36. The van der Waals surface area contributed by atoms with Gasteiger partial charge in [-0.05, 0) is 37.0 Å². The normalized spacial score (nSPS) is 17.1. The van der Waals surface area contributed by atoms with Crippen LogP contribution in [0.5, 0.6) is 0 Å². The molecule has 1 aliphatic rings. The van der Waals surface area contributed by atoms with Crippen molar-refractivity contribution >= 4 is 72.8 Å². The van der Waals surface area contributed by atoms with Crippen molar-refractivity contribution in [1.29, 1.82) is 0 Å². The number of fused-ring (bicyclic) bond motifs is 4. The molecule has 1 aliphatic carbocycles. The summed E-state index contributed by atoms with van der Waals surface area (Å²) in [5.74, 6) is 0.833. The SMILES string of the molecule is Clc1cn2nccc2cc1Nc1ncnc2sc3c(c12)CC[C@H](I)C3. The van der Waals surface area contributed by atoms with Crippen LogP contribution in [-0.4, -0.2) is 23.5 Å². The zero-order valence-corrected chi connectivity index (χ0v) is 16.8. The van der Waals surface area contributed by atoms with E-state index in [1.54, 1.807) is 34.6 Å². The van der Waals surface area contributed by atoms with Gasteiger partial charge in [0, 0.05) is 21.2 Å². The first kappa shape index (κ1) is 15.8. The van der Waals surface area contributed by atoms with Crippen molar-refractivity contribution in [3.8, 4) is 0 Å². The third-order valence-electron chi connectivity index (χ3n) is 4.52. The van der Waals surface area contributed by atoms with Crippen molar-refractivity contribution in [1.82, 2.24) is 19.6 Å². The predicted molar refractivity (Wildman–Crippen MR) is 111 cm³/mol. The van der Waals surface area contributed by atoms with E-state index in [1.165, 1.54) is 16.9 Å². The maximum absolute atomic E-state index is 6.43. The Labute approximate surface area is 166 Å². The number of halogens is 2. The molecule has 0 radical (unpaired) electrons. The van der Waals surface area contributed by atoms with Gasteiger partial charge < -0.3 is 5.32 Å². The minimum absolute atomic E-state index is 0.611. The van der Waals surface area contributed by atoms with Crippen LogP contribution in [-0.2, 0) is 12.8 Å². The Morgan fingerprint density at radius 3 is 3.20 bits per heavy atom. The molecule has 0 aliphatic heterocycles. The molecule has 1 atom stereocenters. The highest BCUT2D eigenvalue weighted by Gasteiger charge is 2.24. The minimum Gasteiger partial charge on any atom is -0.338 e. The van der Waals surface area contributed by atoms with Crippen molar-refractivity contribution in [3.05, 3.63) is 46.3 Å². The summed E-state index contributed by atoms with van der Waals surface area (Å²) in [4.78, 5) is 11.5. The fourth-order valence-electron chi connectivity index (χ4n) is 3.33. The van der Waals surface area contributed by atoms with E-state index in [0.717, 1.165) is 40.1 Å². The highest BCUT2D eigenvalue weighted by atomic mass is 127. The summed E-state index contributed by atoms with van der Waals surface area (Å²) in [6, 6.07) is 3.94. The molecule has 4 aromatic rings. The van der Waals surface area contributed by atoms with Gasteiger partial charge in [-0.1, -0.05) is 34.2 Å². The smallest absolute Gasteiger partial charge is 0.142 e. The number of nitrogens with zero attached hydrogens (tertiary/aromatic N) is 4. The highest BCUT2D eigenvalue weighted by molar-refractivity contribution is 14.1. The molecule has 0 bridgehead atoms. The lowest BCUT2D eigenvalue weighted by Gasteiger charge is -2.17. The van der Waals surface area contributed by atoms with Gasteiger partial charge in [0.05, 0.1) is 21.6 Å². The first-order valence-electron chi connectivity index (χ1n) is 7.98. The number of nitrogens with one attached hydrogen (secondary N) is 1. The van der Waals surface area contributed by atoms with Gasteiger partial charge in [-0.3, -0.25) is 0 Å². The van der Waals surface area contributed by atoms with Gasteiger partial charge in [0.1, 0.15) is 17.0 Å². The molecule has 8 heteroatoms. The lowest BCUT2D eigenvalue weighted by molar-refractivity contribution is 0.739. The molecule has 0 unspecified atom stereocenters. The third-order valence-corrected chi connectivity index (χ3v) is 7.05. The predicted octanol–water partition coefficient (Wildman–Crippen LogP) is 5.03. The molecule has 0 aromatic carbocycles. The summed E-state index contributed by atoms with van der Waals surface area (Å²) in [5, 5.41) is 9.40. The molecule has 0 fully saturated rings. The van der Waals surface area contributed by atoms with Gasteiger partial charge in [-0.25, -0.2) is 14.5 Å². The van der Waals surface area contributed by atoms with Gasteiger partial charge in [-0.2, -0.15) is 5.10 Å². The van der Waals surface area contributed by atoms with Crippen LogP contribution in [0.15, 0.2) is 30.9 Å². The van der Waals surface area contributed by atoms with E-state index in [2.05, 4.69) is 43.0 Å². The number of alkyl halides is 1. The fourth-order valence-corrected chi connectivity index (χ4v) is 5.84. The molecule has 25 heavy (non-hydrogen) atoms. The van der Waals surface area contributed by atoms with Crippen LogP contribution in [0.25, 0.3) is 15.7 Å². The van der Waals surface area contributed by atoms with Crippen LogP contribution < -0.4 is 5.32 Å². The van der Waals surface area contributed by atoms with Crippen LogP contribution in [0.2, 0.25) is 5.02 Å². The Bertz CT molecular complexity index is 1110. The summed E-state index contributed by atoms with van der Waals surface area (Å²) < 4.78 is 2.47. The van der Waals surface area contributed by atoms with E-state index >= 15 is 0 Å². The van der Waals surface area contributed by atoms with Crippen molar-refractivity contribution < 1.29 is 0 Å². The maximum atomic E-state index is 6.43. The minimum atomic E-state index is 0.611. The number of hydrogen-bond acceptors (Lipinski definition) is 5. The first-order valence-corrected chi connectivity index (χ1v) is 10.4. The summed E-state index contributed by atoms with van der Waals surface area (Å²) >= 11 is 10.8. The largest absolute Gasteiger partial charge is 0.338 e. The molecular formula is C17H13ClIN5S. The molecular weight excluding hydrogens is 469 g/mol. The van der Waals surface area contributed by atoms with Crippen molar-refractivity contribution in [2.75, 3.05) is 5.32 Å². The van der Waals surface area contributed by atoms with E-state index in [9.17, 15) is 0 Å². The number of thiophene rings is 1. The average Bonchev–Trinajstić information content (AvgIpc) is 3.18. The third kappa shape index (κ3) is 2.69. The summed E-state index contributed by atoms with van der Waals surface area (Å²) in [5.41, 5.74) is 3.21. The maximum Gasteiger partial charge on any atom is 0.142 e. The number of pyridine rings is 1. The van der Waals surface area contributed by atoms with Crippen molar-refractivity contribution in [3.63, 3.8) is 0 Å². The highest BCUT2D eigenvalue weighted by Crippen LogP contribution is 2.40. The zero-order valence-electron chi connectivity index (χ0n) is 13.0. The Kier molecular flexibility index (Phi) is 3.83. The van der Waals surface area contributed by atoms with Gasteiger partial charge in [0.15, 0.2) is 0 Å². The summed E-state index contributed by atoms with van der Waals surface area (Å²) in [6.07, 6.45) is 8.60. The second-order valence-electron chi connectivity index (χ2n) is 6.11. The molecule has 4 aromatic heterocycles. The van der Waals surface area contributed by atoms with Crippen molar-refractivity contribution in [2.45, 2.75) is 23.2 Å². The Morgan fingerprint density at radius 2 is 2.28 bits per heavy atom. The standard InChI is InChI=1S/C17H13ClIN5S/c18-12-7-24-10(3-4-22-24)6-13(12)23-16-15-11-2-1-9(19)5-14(11)25-17(15)21-8-20-16/h3-4,6-9H,1-2,5H2,(H,20,21,23)/t9-/m0/s1. The van der Waals surface area contributed by atoms with Crippen LogP contribution in [0, 0.1) is 0 Å². The Balaban J connectivity index is 1.63. The van der Waals surface area contributed by atoms with Crippen molar-refractivity contribution in [2.24, 2.45) is 0 Å². The Hall–Kier alpha value is -1.45. The average molecular weight is 482 g/mol.